The van der Waals surface area contributed by atoms with Gasteiger partial charge in [-0.25, -0.2) is 23.1 Å². The number of anilines is 1. The highest BCUT2D eigenvalue weighted by Gasteiger charge is 2.34. The third kappa shape index (κ3) is 4.18. The molecule has 31 heavy (non-hydrogen) atoms. The summed E-state index contributed by atoms with van der Waals surface area (Å²) >= 11 is 0. The van der Waals surface area contributed by atoms with Crippen molar-refractivity contribution in [1.82, 2.24) is 25.5 Å². The number of amides is 1. The molecule has 1 fully saturated rings. The lowest BCUT2D eigenvalue weighted by Gasteiger charge is -2.19. The maximum Gasteiger partial charge on any atom is 0.270 e. The molecule has 0 spiro atoms. The van der Waals surface area contributed by atoms with Crippen LogP contribution in [0.25, 0.3) is 11.0 Å². The molecule has 11 heteroatoms. The number of aliphatic hydroxyl groups excluding tert-OH is 1. The summed E-state index contributed by atoms with van der Waals surface area (Å²) in [4.78, 5) is 21.1. The Hall–Kier alpha value is -3.21. The number of carbonyl (C=O) groups is 1. The number of aromatic amines is 1. The molecule has 4 atom stereocenters. The second-order valence-corrected chi connectivity index (χ2v) is 7.51. The maximum absolute atomic E-state index is 14.2. The van der Waals surface area contributed by atoms with Gasteiger partial charge in [0.05, 0.1) is 23.6 Å². The van der Waals surface area contributed by atoms with Gasteiger partial charge in [-0.05, 0) is 24.6 Å². The summed E-state index contributed by atoms with van der Waals surface area (Å²) in [6.07, 6.45) is -0.372. The second kappa shape index (κ2) is 8.50. The Morgan fingerprint density at radius 2 is 2.13 bits per heavy atom. The van der Waals surface area contributed by atoms with Gasteiger partial charge in [0.15, 0.2) is 5.65 Å². The van der Waals surface area contributed by atoms with Crippen LogP contribution in [0.3, 0.4) is 0 Å². The third-order valence-corrected chi connectivity index (χ3v) is 5.42. The molecule has 0 saturated heterocycles. The number of aliphatic hydroxyl groups is 1. The van der Waals surface area contributed by atoms with Crippen LogP contribution in [0, 0.1) is 11.6 Å². The van der Waals surface area contributed by atoms with Crippen LogP contribution in [0.5, 0.6) is 0 Å². The van der Waals surface area contributed by atoms with E-state index >= 15 is 0 Å². The number of halogens is 3. The Morgan fingerprint density at radius 3 is 2.84 bits per heavy atom. The third-order valence-electron chi connectivity index (χ3n) is 5.42. The molecule has 4 rings (SSSR count). The van der Waals surface area contributed by atoms with Gasteiger partial charge < -0.3 is 15.7 Å². The molecular formula is C20H21F3N6O2. The fourth-order valence-electron chi connectivity index (χ4n) is 3.83. The summed E-state index contributed by atoms with van der Waals surface area (Å²) in [6, 6.07) is 1.69. The van der Waals surface area contributed by atoms with Crippen LogP contribution in [-0.4, -0.2) is 49.5 Å². The zero-order valence-corrected chi connectivity index (χ0v) is 16.6. The summed E-state index contributed by atoms with van der Waals surface area (Å²) in [5.74, 6) is -1.65. The van der Waals surface area contributed by atoms with E-state index in [0.29, 0.717) is 6.42 Å². The van der Waals surface area contributed by atoms with Crippen LogP contribution in [0.2, 0.25) is 0 Å². The molecule has 1 saturated carbocycles. The molecular weight excluding hydrogens is 413 g/mol. The minimum atomic E-state index is -1.14. The van der Waals surface area contributed by atoms with Crippen LogP contribution in [0.4, 0.5) is 19.0 Å². The van der Waals surface area contributed by atoms with Gasteiger partial charge in [-0.3, -0.25) is 9.89 Å². The number of hydrogen-bond donors (Lipinski definition) is 4. The van der Waals surface area contributed by atoms with E-state index in [9.17, 15) is 23.1 Å². The van der Waals surface area contributed by atoms with Crippen molar-refractivity contribution in [3.63, 3.8) is 0 Å². The minimum Gasteiger partial charge on any atom is -0.391 e. The van der Waals surface area contributed by atoms with E-state index in [-0.39, 0.29) is 41.0 Å². The van der Waals surface area contributed by atoms with E-state index in [4.69, 9.17) is 0 Å². The number of benzene rings is 1. The fourth-order valence-corrected chi connectivity index (χ4v) is 3.83. The Kier molecular flexibility index (Phi) is 5.77. The fraction of sp³-hybridized carbons (Fsp3) is 0.400. The van der Waals surface area contributed by atoms with E-state index < -0.39 is 41.9 Å². The first-order chi connectivity index (χ1) is 14.9. The summed E-state index contributed by atoms with van der Waals surface area (Å²) in [6.45, 7) is 1.73. The largest absolute Gasteiger partial charge is 0.391 e. The molecule has 1 aromatic carbocycles. The topological polar surface area (TPSA) is 116 Å². The monoisotopic (exact) mass is 434 g/mol. The Labute approximate surface area is 175 Å². The molecule has 4 N–H and O–H groups in total. The normalized spacial score (nSPS) is 21.9. The lowest BCUT2D eigenvalue weighted by Crippen LogP contribution is -2.30. The van der Waals surface area contributed by atoms with Crippen LogP contribution < -0.4 is 10.6 Å². The molecule has 3 aromatic rings. The number of hydrogen-bond acceptors (Lipinski definition) is 6. The van der Waals surface area contributed by atoms with Crippen molar-refractivity contribution in [1.29, 1.82) is 0 Å². The lowest BCUT2D eigenvalue weighted by atomic mass is 10.0. The van der Waals surface area contributed by atoms with E-state index in [1.165, 1.54) is 6.33 Å². The van der Waals surface area contributed by atoms with E-state index in [1.54, 1.807) is 6.92 Å². The highest BCUT2D eigenvalue weighted by molar-refractivity contribution is 6.07. The van der Waals surface area contributed by atoms with Gasteiger partial charge in [-0.1, -0.05) is 6.92 Å². The smallest absolute Gasteiger partial charge is 0.270 e. The van der Waals surface area contributed by atoms with Crippen molar-refractivity contribution in [2.75, 3.05) is 5.32 Å². The van der Waals surface area contributed by atoms with Crippen molar-refractivity contribution in [3.8, 4) is 0 Å². The SMILES string of the molecule is CC[C@@H](NC(=O)c1[nH]nc2ncnc(N[C@@H]3C[C@@H](F)C[C@H]3O)c12)c1cc(F)ccc1F. The van der Waals surface area contributed by atoms with Crippen LogP contribution in [-0.2, 0) is 0 Å². The quantitative estimate of drug-likeness (QED) is 0.474. The number of nitrogens with one attached hydrogen (secondary N) is 3. The van der Waals surface area contributed by atoms with E-state index in [0.717, 1.165) is 18.2 Å². The van der Waals surface area contributed by atoms with E-state index in [2.05, 4.69) is 30.8 Å². The number of nitrogens with zero attached hydrogens (tertiary/aromatic N) is 3. The molecule has 8 nitrogen and oxygen atoms in total. The summed E-state index contributed by atoms with van der Waals surface area (Å²) in [5, 5.41) is 22.5. The zero-order chi connectivity index (χ0) is 22.1. The van der Waals surface area contributed by atoms with Crippen LogP contribution in [0.15, 0.2) is 24.5 Å². The van der Waals surface area contributed by atoms with Gasteiger partial charge in [0, 0.05) is 18.4 Å². The Morgan fingerprint density at radius 1 is 1.32 bits per heavy atom. The van der Waals surface area contributed by atoms with E-state index in [1.807, 2.05) is 0 Å². The van der Waals surface area contributed by atoms with Gasteiger partial charge in [-0.15, -0.1) is 0 Å². The first-order valence-electron chi connectivity index (χ1n) is 9.91. The number of carbonyl (C=O) groups excluding carboxylic acids is 1. The summed E-state index contributed by atoms with van der Waals surface area (Å²) < 4.78 is 41.4. The number of alkyl halides is 1. The number of fused-ring (bicyclic) bond motifs is 1. The molecule has 0 bridgehead atoms. The molecule has 0 aliphatic heterocycles. The summed E-state index contributed by atoms with van der Waals surface area (Å²) in [5.41, 5.74) is 0.229. The minimum absolute atomic E-state index is 0.0117. The van der Waals surface area contributed by atoms with Gasteiger partial charge in [0.2, 0.25) is 0 Å². The first kappa shape index (κ1) is 21.0. The lowest BCUT2D eigenvalue weighted by molar-refractivity contribution is 0.0931. The molecule has 1 aliphatic rings. The molecule has 0 unspecified atom stereocenters. The zero-order valence-electron chi connectivity index (χ0n) is 16.6. The molecule has 164 valence electrons. The second-order valence-electron chi connectivity index (χ2n) is 7.51. The predicted octanol–water partition coefficient (Wildman–Crippen LogP) is 2.79. The molecule has 2 heterocycles. The van der Waals surface area contributed by atoms with Gasteiger partial charge in [0.1, 0.15) is 35.6 Å². The maximum atomic E-state index is 14.2. The first-order valence-corrected chi connectivity index (χ1v) is 9.91. The highest BCUT2D eigenvalue weighted by atomic mass is 19.1. The van der Waals surface area contributed by atoms with Crippen molar-refractivity contribution >= 4 is 22.8 Å². The van der Waals surface area contributed by atoms with Crippen molar-refractivity contribution in [3.05, 3.63) is 47.4 Å². The summed E-state index contributed by atoms with van der Waals surface area (Å²) in [7, 11) is 0. The van der Waals surface area contributed by atoms with Crippen LogP contribution >= 0.6 is 0 Å². The molecule has 2 aromatic heterocycles. The van der Waals surface area contributed by atoms with Crippen molar-refractivity contribution in [2.45, 2.75) is 50.5 Å². The highest BCUT2D eigenvalue weighted by Crippen LogP contribution is 2.29. The standard InChI is InChI=1S/C20H21F3N6O2/c1-2-13(11-5-9(21)3-4-12(11)23)27-20(31)17-16-18(24-8-25-19(16)29-28-17)26-14-6-10(22)7-15(14)30/h3-5,8,10,13-15,30H,2,6-7H2,1H3,(H,27,31)(H2,24,25,26,28,29)/t10-,13-,14-,15-/m1/s1. The van der Waals surface area contributed by atoms with Gasteiger partial charge in [-0.2, -0.15) is 5.10 Å². The van der Waals surface area contributed by atoms with Crippen molar-refractivity contribution < 1.29 is 23.1 Å². The Balaban J connectivity index is 1.63. The predicted molar refractivity (Wildman–Crippen MR) is 106 cm³/mol. The molecule has 1 amide bonds. The van der Waals surface area contributed by atoms with Crippen LogP contribution in [0.1, 0.15) is 48.3 Å². The molecule has 0 radical (unpaired) electrons. The average Bonchev–Trinajstić information content (AvgIpc) is 3.31. The number of aromatic nitrogens is 4. The average molecular weight is 434 g/mol. The van der Waals surface area contributed by atoms with Crippen molar-refractivity contribution in [2.24, 2.45) is 0 Å². The molecule has 1 aliphatic carbocycles. The van der Waals surface area contributed by atoms with Gasteiger partial charge in [0.25, 0.3) is 5.91 Å². The number of H-pyrrole nitrogens is 1. The van der Waals surface area contributed by atoms with Gasteiger partial charge >= 0.3 is 0 Å². The Bertz CT molecular complexity index is 1110. The number of rotatable bonds is 6.